The highest BCUT2D eigenvalue weighted by atomic mass is 79.9. The summed E-state index contributed by atoms with van der Waals surface area (Å²) in [5, 5.41) is 2.90. The van der Waals surface area contributed by atoms with Crippen molar-refractivity contribution in [3.05, 3.63) is 58.1 Å². The Labute approximate surface area is 127 Å². The van der Waals surface area contributed by atoms with E-state index in [1.165, 1.54) is 0 Å². The number of halogens is 1. The second-order valence-electron chi connectivity index (χ2n) is 4.73. The minimum Gasteiger partial charge on any atom is -0.399 e. The highest BCUT2D eigenvalue weighted by Gasteiger charge is 2.07. The largest absolute Gasteiger partial charge is 0.399 e. The molecule has 0 spiro atoms. The third kappa shape index (κ3) is 3.84. The molecule has 0 atom stereocenters. The summed E-state index contributed by atoms with van der Waals surface area (Å²) in [5.74, 6) is -0.0159. The molecule has 3 N–H and O–H groups in total. The van der Waals surface area contributed by atoms with Gasteiger partial charge in [0.15, 0.2) is 0 Å². The van der Waals surface area contributed by atoms with Crippen LogP contribution in [0.15, 0.2) is 46.9 Å². The van der Waals surface area contributed by atoms with Gasteiger partial charge in [0.05, 0.1) is 5.69 Å². The lowest BCUT2D eigenvalue weighted by molar-refractivity contribution is -0.116. The van der Waals surface area contributed by atoms with Gasteiger partial charge in [-0.05, 0) is 58.6 Å². The standard InChI is InChI=1S/C16H17BrN2O/c1-11-6-8-15(13(17)10-11)19-16(20)9-7-12-4-2-3-5-14(12)18/h2-6,8,10H,7,9,18H2,1H3,(H,19,20). The Bertz CT molecular complexity index is 626. The first-order valence-corrected chi connectivity index (χ1v) is 7.25. The van der Waals surface area contributed by atoms with E-state index in [-0.39, 0.29) is 5.91 Å². The van der Waals surface area contributed by atoms with E-state index in [0.717, 1.165) is 27.0 Å². The maximum absolute atomic E-state index is 12.0. The number of carbonyl (C=O) groups excluding carboxylic acids is 1. The number of rotatable bonds is 4. The number of nitrogens with two attached hydrogens (primary N) is 1. The third-order valence-electron chi connectivity index (χ3n) is 3.08. The van der Waals surface area contributed by atoms with Crippen LogP contribution in [-0.4, -0.2) is 5.91 Å². The first kappa shape index (κ1) is 14.6. The number of nitrogen functional groups attached to an aromatic ring is 1. The van der Waals surface area contributed by atoms with Gasteiger partial charge in [-0.15, -0.1) is 0 Å². The number of nitrogens with one attached hydrogen (secondary N) is 1. The van der Waals surface area contributed by atoms with Crippen molar-refractivity contribution in [1.82, 2.24) is 0 Å². The van der Waals surface area contributed by atoms with Crippen LogP contribution in [0.25, 0.3) is 0 Å². The maximum atomic E-state index is 12.0. The van der Waals surface area contributed by atoms with Crippen molar-refractivity contribution in [1.29, 1.82) is 0 Å². The van der Waals surface area contributed by atoms with Crippen LogP contribution < -0.4 is 11.1 Å². The number of carbonyl (C=O) groups is 1. The fourth-order valence-corrected chi connectivity index (χ4v) is 2.54. The monoisotopic (exact) mass is 332 g/mol. The average Bonchev–Trinajstić information content (AvgIpc) is 2.41. The van der Waals surface area contributed by atoms with Crippen LogP contribution in [0.5, 0.6) is 0 Å². The molecular weight excluding hydrogens is 316 g/mol. The smallest absolute Gasteiger partial charge is 0.224 e. The van der Waals surface area contributed by atoms with E-state index in [9.17, 15) is 4.79 Å². The van der Waals surface area contributed by atoms with Gasteiger partial charge in [0.2, 0.25) is 5.91 Å². The number of anilines is 2. The molecule has 1 amide bonds. The van der Waals surface area contributed by atoms with Gasteiger partial charge >= 0.3 is 0 Å². The molecule has 2 rings (SSSR count). The van der Waals surface area contributed by atoms with Crippen molar-refractivity contribution in [2.24, 2.45) is 0 Å². The van der Waals surface area contributed by atoms with E-state index < -0.39 is 0 Å². The molecule has 0 saturated heterocycles. The number of hydrogen-bond acceptors (Lipinski definition) is 2. The minimum atomic E-state index is -0.0159. The molecule has 0 aliphatic heterocycles. The molecule has 4 heteroatoms. The molecule has 0 fully saturated rings. The predicted octanol–water partition coefficient (Wildman–Crippen LogP) is 3.91. The fourth-order valence-electron chi connectivity index (χ4n) is 1.94. The highest BCUT2D eigenvalue weighted by molar-refractivity contribution is 9.10. The topological polar surface area (TPSA) is 55.1 Å². The van der Waals surface area contributed by atoms with Gasteiger partial charge in [-0.2, -0.15) is 0 Å². The molecular formula is C16H17BrN2O. The zero-order chi connectivity index (χ0) is 14.5. The molecule has 0 saturated carbocycles. The lowest BCUT2D eigenvalue weighted by atomic mass is 10.1. The highest BCUT2D eigenvalue weighted by Crippen LogP contribution is 2.23. The van der Waals surface area contributed by atoms with Crippen LogP contribution in [0.1, 0.15) is 17.5 Å². The van der Waals surface area contributed by atoms with Crippen molar-refractivity contribution >= 4 is 33.2 Å². The summed E-state index contributed by atoms with van der Waals surface area (Å²) in [6.45, 7) is 2.01. The summed E-state index contributed by atoms with van der Waals surface area (Å²) >= 11 is 3.45. The Morgan fingerprint density at radius 3 is 2.70 bits per heavy atom. The van der Waals surface area contributed by atoms with Gasteiger partial charge in [-0.25, -0.2) is 0 Å². The molecule has 2 aromatic rings. The van der Waals surface area contributed by atoms with Gasteiger partial charge in [0, 0.05) is 16.6 Å². The summed E-state index contributed by atoms with van der Waals surface area (Å²) < 4.78 is 0.894. The van der Waals surface area contributed by atoms with Crippen molar-refractivity contribution in [2.45, 2.75) is 19.8 Å². The molecule has 2 aromatic carbocycles. The minimum absolute atomic E-state index is 0.0159. The Morgan fingerprint density at radius 1 is 1.25 bits per heavy atom. The number of benzene rings is 2. The predicted molar refractivity (Wildman–Crippen MR) is 86.7 cm³/mol. The zero-order valence-corrected chi connectivity index (χ0v) is 12.9. The summed E-state index contributed by atoms with van der Waals surface area (Å²) in [6.07, 6.45) is 1.05. The number of amides is 1. The molecule has 3 nitrogen and oxygen atoms in total. The van der Waals surface area contributed by atoms with E-state index in [1.54, 1.807) is 0 Å². The summed E-state index contributed by atoms with van der Waals surface area (Å²) in [5.41, 5.74) is 9.54. The molecule has 20 heavy (non-hydrogen) atoms. The molecule has 0 heterocycles. The van der Waals surface area contributed by atoms with Gasteiger partial charge in [-0.3, -0.25) is 4.79 Å². The van der Waals surface area contributed by atoms with Crippen LogP contribution in [0.2, 0.25) is 0 Å². The first-order valence-electron chi connectivity index (χ1n) is 6.45. The van der Waals surface area contributed by atoms with Crippen LogP contribution >= 0.6 is 15.9 Å². The second kappa shape index (κ2) is 6.57. The fraction of sp³-hybridized carbons (Fsp3) is 0.188. The van der Waals surface area contributed by atoms with E-state index in [4.69, 9.17) is 5.73 Å². The first-order chi connectivity index (χ1) is 9.56. The molecule has 0 radical (unpaired) electrons. The van der Waals surface area contributed by atoms with Crippen LogP contribution in [0.3, 0.4) is 0 Å². The molecule has 104 valence electrons. The third-order valence-corrected chi connectivity index (χ3v) is 3.73. The second-order valence-corrected chi connectivity index (χ2v) is 5.58. The molecule has 0 bridgehead atoms. The van der Waals surface area contributed by atoms with Crippen molar-refractivity contribution in [3.8, 4) is 0 Å². The number of para-hydroxylation sites is 1. The summed E-state index contributed by atoms with van der Waals surface area (Å²) in [6, 6.07) is 13.5. The van der Waals surface area contributed by atoms with Crippen molar-refractivity contribution < 1.29 is 4.79 Å². The zero-order valence-electron chi connectivity index (χ0n) is 11.3. The van der Waals surface area contributed by atoms with Gasteiger partial charge in [0.25, 0.3) is 0 Å². The van der Waals surface area contributed by atoms with Crippen molar-refractivity contribution in [2.75, 3.05) is 11.1 Å². The summed E-state index contributed by atoms with van der Waals surface area (Å²) in [4.78, 5) is 12.0. The lowest BCUT2D eigenvalue weighted by Crippen LogP contribution is -2.13. The SMILES string of the molecule is Cc1ccc(NC(=O)CCc2ccccc2N)c(Br)c1. The van der Waals surface area contributed by atoms with Gasteiger partial charge < -0.3 is 11.1 Å². The Balaban J connectivity index is 1.94. The Kier molecular flexibility index (Phi) is 4.79. The molecule has 0 aliphatic carbocycles. The quantitative estimate of drug-likeness (QED) is 0.834. The van der Waals surface area contributed by atoms with Gasteiger partial charge in [0.1, 0.15) is 0 Å². The Morgan fingerprint density at radius 2 is 2.00 bits per heavy atom. The normalized spacial score (nSPS) is 10.3. The lowest BCUT2D eigenvalue weighted by Gasteiger charge is -2.09. The van der Waals surface area contributed by atoms with Crippen LogP contribution in [-0.2, 0) is 11.2 Å². The van der Waals surface area contributed by atoms with E-state index >= 15 is 0 Å². The van der Waals surface area contributed by atoms with E-state index in [2.05, 4.69) is 21.2 Å². The van der Waals surface area contributed by atoms with E-state index in [1.807, 2.05) is 49.4 Å². The average molecular weight is 333 g/mol. The Hall–Kier alpha value is -1.81. The molecule has 0 unspecified atom stereocenters. The number of aryl methyl sites for hydroxylation is 2. The van der Waals surface area contributed by atoms with Crippen LogP contribution in [0, 0.1) is 6.92 Å². The molecule has 0 aliphatic rings. The van der Waals surface area contributed by atoms with Crippen molar-refractivity contribution in [3.63, 3.8) is 0 Å². The molecule has 0 aromatic heterocycles. The van der Waals surface area contributed by atoms with Crippen LogP contribution in [0.4, 0.5) is 11.4 Å². The summed E-state index contributed by atoms with van der Waals surface area (Å²) in [7, 11) is 0. The van der Waals surface area contributed by atoms with E-state index in [0.29, 0.717) is 12.8 Å². The van der Waals surface area contributed by atoms with Gasteiger partial charge in [-0.1, -0.05) is 24.3 Å². The maximum Gasteiger partial charge on any atom is 0.224 e. The number of hydrogen-bond donors (Lipinski definition) is 2.